The quantitative estimate of drug-likeness (QED) is 0.462. The first kappa shape index (κ1) is 20.5. The summed E-state index contributed by atoms with van der Waals surface area (Å²) in [7, 11) is -2.11. The van der Waals surface area contributed by atoms with Gasteiger partial charge in [-0.1, -0.05) is 0 Å². The van der Waals surface area contributed by atoms with Gasteiger partial charge in [0.2, 0.25) is 0 Å². The molecular weight excluding hydrogens is 517 g/mol. The Morgan fingerprint density at radius 3 is 2.38 bits per heavy atom. The molecule has 4 nitrogen and oxygen atoms in total. The molecule has 0 bridgehead atoms. The molecule has 1 atom stereocenters. The van der Waals surface area contributed by atoms with Crippen LogP contribution in [0.5, 0.6) is 5.75 Å². The van der Waals surface area contributed by atoms with Crippen LogP contribution in [0.25, 0.3) is 0 Å². The second kappa shape index (κ2) is 8.15. The molecule has 0 N–H and O–H groups in total. The van der Waals surface area contributed by atoms with Crippen molar-refractivity contribution in [1.82, 2.24) is 0 Å². The van der Waals surface area contributed by atoms with Crippen LogP contribution in [0.2, 0.25) is 5.32 Å². The van der Waals surface area contributed by atoms with Gasteiger partial charge in [0, 0.05) is 0 Å². The molecule has 4 rings (SSSR count). The second-order valence-corrected chi connectivity index (χ2v) is 11.8. The van der Waals surface area contributed by atoms with Gasteiger partial charge in [0.15, 0.2) is 0 Å². The van der Waals surface area contributed by atoms with Crippen molar-refractivity contribution in [3.8, 4) is 5.75 Å². The van der Waals surface area contributed by atoms with Gasteiger partial charge in [-0.3, -0.25) is 0 Å². The predicted octanol–water partition coefficient (Wildman–Crippen LogP) is 4.46. The third-order valence-corrected chi connectivity index (χ3v) is 9.64. The van der Waals surface area contributed by atoms with E-state index in [-0.39, 0.29) is 21.0 Å². The minimum atomic E-state index is -3.73. The van der Waals surface area contributed by atoms with Crippen LogP contribution in [0.15, 0.2) is 76.1 Å². The molecular formula is C22H20BrNO3SSe. The van der Waals surface area contributed by atoms with Crippen molar-refractivity contribution in [2.75, 3.05) is 11.4 Å². The number of halogens is 1. The molecule has 1 unspecified atom stereocenters. The number of fused-ring (bicyclic) bond motifs is 1. The van der Waals surface area contributed by atoms with Crippen molar-refractivity contribution >= 4 is 51.1 Å². The van der Waals surface area contributed by atoms with Crippen LogP contribution in [-0.4, -0.2) is 30.5 Å². The normalized spacial score (nSPS) is 16.4. The SMILES string of the molecule is COc1ccc(C2C[Se]c3ccc(Br)cc3N2S(=O)(=O)c2ccc(C)cc2)cc1. The molecule has 0 amide bonds. The molecule has 7 heteroatoms. The fourth-order valence-corrected chi connectivity index (χ4v) is 8.12. The number of ether oxygens (including phenoxy) is 1. The van der Waals surface area contributed by atoms with E-state index in [1.165, 1.54) is 0 Å². The van der Waals surface area contributed by atoms with E-state index in [1.807, 2.05) is 61.5 Å². The van der Waals surface area contributed by atoms with E-state index < -0.39 is 10.0 Å². The Labute approximate surface area is 186 Å². The molecule has 0 aliphatic carbocycles. The molecule has 0 aromatic heterocycles. The Morgan fingerprint density at radius 1 is 1.03 bits per heavy atom. The average molecular weight is 537 g/mol. The zero-order chi connectivity index (χ0) is 20.6. The molecule has 0 saturated carbocycles. The summed E-state index contributed by atoms with van der Waals surface area (Å²) in [5.74, 6) is 0.756. The number of hydrogen-bond acceptors (Lipinski definition) is 3. The number of anilines is 1. The first-order chi connectivity index (χ1) is 13.9. The van der Waals surface area contributed by atoms with E-state index in [9.17, 15) is 8.42 Å². The molecule has 150 valence electrons. The van der Waals surface area contributed by atoms with E-state index in [0.29, 0.717) is 4.90 Å². The Bertz CT molecular complexity index is 1130. The van der Waals surface area contributed by atoms with Gasteiger partial charge in [0.1, 0.15) is 0 Å². The molecule has 3 aromatic carbocycles. The van der Waals surface area contributed by atoms with Gasteiger partial charge in [-0.15, -0.1) is 0 Å². The maximum absolute atomic E-state index is 13.8. The first-order valence-corrected chi connectivity index (χ1v) is 13.4. The molecule has 1 aliphatic rings. The van der Waals surface area contributed by atoms with Crippen molar-refractivity contribution in [2.45, 2.75) is 23.2 Å². The van der Waals surface area contributed by atoms with Crippen LogP contribution >= 0.6 is 15.9 Å². The topological polar surface area (TPSA) is 46.6 Å². The van der Waals surface area contributed by atoms with E-state index in [0.717, 1.165) is 36.8 Å². The van der Waals surface area contributed by atoms with Crippen LogP contribution in [0, 0.1) is 6.92 Å². The predicted molar refractivity (Wildman–Crippen MR) is 121 cm³/mol. The molecule has 1 heterocycles. The van der Waals surface area contributed by atoms with Crippen molar-refractivity contribution in [2.24, 2.45) is 0 Å². The van der Waals surface area contributed by atoms with Crippen LogP contribution in [0.1, 0.15) is 17.2 Å². The summed E-state index contributed by atoms with van der Waals surface area (Å²) in [6.07, 6.45) is 0. The zero-order valence-corrected chi connectivity index (χ0v) is 20.1. The number of sulfonamides is 1. The molecule has 3 aromatic rings. The second-order valence-electron chi connectivity index (χ2n) is 6.83. The zero-order valence-electron chi connectivity index (χ0n) is 16.0. The van der Waals surface area contributed by atoms with Crippen LogP contribution in [-0.2, 0) is 10.0 Å². The Kier molecular flexibility index (Phi) is 5.76. The number of rotatable bonds is 4. The monoisotopic (exact) mass is 537 g/mol. The van der Waals surface area contributed by atoms with Gasteiger partial charge in [0.05, 0.1) is 0 Å². The third-order valence-electron chi connectivity index (χ3n) is 4.92. The fraction of sp³-hybridized carbons (Fsp3) is 0.182. The standard InChI is InChI=1S/C22H20BrNO3SSe/c1-15-3-10-19(11-4-15)28(25,26)24-20-13-17(23)7-12-22(20)29-14-21(24)16-5-8-18(27-2)9-6-16/h3-13,21H,14H2,1-2H3. The summed E-state index contributed by atoms with van der Waals surface area (Å²) in [6.45, 7) is 1.95. The fourth-order valence-electron chi connectivity index (χ4n) is 3.37. The van der Waals surface area contributed by atoms with Gasteiger partial charge < -0.3 is 0 Å². The summed E-state index contributed by atoms with van der Waals surface area (Å²) in [6, 6.07) is 20.4. The Hall–Kier alpha value is -1.79. The minimum absolute atomic E-state index is 0.180. The van der Waals surface area contributed by atoms with Gasteiger partial charge >= 0.3 is 187 Å². The van der Waals surface area contributed by atoms with Crippen molar-refractivity contribution < 1.29 is 13.2 Å². The van der Waals surface area contributed by atoms with Gasteiger partial charge in [-0.25, -0.2) is 0 Å². The van der Waals surface area contributed by atoms with Gasteiger partial charge in [-0.05, 0) is 0 Å². The van der Waals surface area contributed by atoms with Gasteiger partial charge in [-0.2, -0.15) is 0 Å². The summed E-state index contributed by atoms with van der Waals surface area (Å²) in [5.41, 5.74) is 2.75. The molecule has 29 heavy (non-hydrogen) atoms. The third kappa shape index (κ3) is 3.97. The van der Waals surface area contributed by atoms with Crippen molar-refractivity contribution in [3.63, 3.8) is 0 Å². The number of methoxy groups -OCH3 is 1. The van der Waals surface area contributed by atoms with Crippen LogP contribution in [0.3, 0.4) is 0 Å². The van der Waals surface area contributed by atoms with Crippen molar-refractivity contribution in [1.29, 1.82) is 0 Å². The van der Waals surface area contributed by atoms with E-state index in [2.05, 4.69) is 15.9 Å². The molecule has 0 saturated heterocycles. The first-order valence-electron chi connectivity index (χ1n) is 9.07. The number of aryl methyl sites for hydroxylation is 1. The Morgan fingerprint density at radius 2 is 1.72 bits per heavy atom. The average Bonchev–Trinajstić information content (AvgIpc) is 2.73. The number of nitrogens with zero attached hydrogens (tertiary/aromatic N) is 1. The maximum atomic E-state index is 13.8. The van der Waals surface area contributed by atoms with E-state index >= 15 is 0 Å². The van der Waals surface area contributed by atoms with Crippen LogP contribution < -0.4 is 13.5 Å². The Balaban J connectivity index is 1.88. The van der Waals surface area contributed by atoms with Gasteiger partial charge in [0.25, 0.3) is 0 Å². The molecule has 0 fully saturated rings. The number of benzene rings is 3. The molecule has 1 aliphatic heterocycles. The van der Waals surface area contributed by atoms with Crippen molar-refractivity contribution in [3.05, 3.63) is 82.3 Å². The van der Waals surface area contributed by atoms with Crippen LogP contribution in [0.4, 0.5) is 5.69 Å². The van der Waals surface area contributed by atoms with E-state index in [1.54, 1.807) is 23.5 Å². The summed E-state index contributed by atoms with van der Waals surface area (Å²) >= 11 is 3.69. The summed E-state index contributed by atoms with van der Waals surface area (Å²) in [4.78, 5) is 0.307. The number of hydrogen-bond donors (Lipinski definition) is 0. The molecule has 0 spiro atoms. The van der Waals surface area contributed by atoms with E-state index in [4.69, 9.17) is 4.74 Å². The summed E-state index contributed by atoms with van der Waals surface area (Å²) in [5, 5.41) is 0.777. The molecule has 0 radical (unpaired) electrons. The summed E-state index contributed by atoms with van der Waals surface area (Å²) < 4.78 is 36.4.